The molecule has 2 N–H and O–H groups in total. The first-order valence-electron chi connectivity index (χ1n) is 7.18. The Hall–Kier alpha value is -0.0800. The second kappa shape index (κ2) is 5.50. The highest BCUT2D eigenvalue weighted by molar-refractivity contribution is 4.90. The van der Waals surface area contributed by atoms with E-state index in [0.717, 1.165) is 12.0 Å². The van der Waals surface area contributed by atoms with Gasteiger partial charge in [0.2, 0.25) is 0 Å². The highest BCUT2D eigenvalue weighted by atomic mass is 15.0. The van der Waals surface area contributed by atoms with Crippen molar-refractivity contribution in [2.24, 2.45) is 11.3 Å². The molecule has 1 heterocycles. The molecule has 2 heteroatoms. The lowest BCUT2D eigenvalue weighted by atomic mass is 9.74. The van der Waals surface area contributed by atoms with Crippen LogP contribution < -0.4 is 10.6 Å². The second-order valence-electron chi connectivity index (χ2n) is 6.15. The number of hydrogen-bond acceptors (Lipinski definition) is 2. The van der Waals surface area contributed by atoms with E-state index < -0.39 is 0 Å². The van der Waals surface area contributed by atoms with Crippen molar-refractivity contribution in [2.75, 3.05) is 19.6 Å². The van der Waals surface area contributed by atoms with E-state index in [0.29, 0.717) is 5.41 Å². The Morgan fingerprint density at radius 1 is 1.25 bits per heavy atom. The van der Waals surface area contributed by atoms with Crippen molar-refractivity contribution in [3.63, 3.8) is 0 Å². The van der Waals surface area contributed by atoms with E-state index in [1.54, 1.807) is 0 Å². The average Bonchev–Trinajstić information content (AvgIpc) is 2.25. The third kappa shape index (κ3) is 2.98. The van der Waals surface area contributed by atoms with Gasteiger partial charge in [0.05, 0.1) is 0 Å². The molecule has 0 aromatic heterocycles. The van der Waals surface area contributed by atoms with Crippen molar-refractivity contribution in [3.05, 3.63) is 0 Å². The smallest absolute Gasteiger partial charge is 0.00723 e. The summed E-state index contributed by atoms with van der Waals surface area (Å²) in [7, 11) is 0. The predicted octanol–water partition coefficient (Wildman–Crippen LogP) is 2.54. The van der Waals surface area contributed by atoms with E-state index in [4.69, 9.17) is 0 Å². The van der Waals surface area contributed by atoms with Crippen LogP contribution in [0.25, 0.3) is 0 Å². The standard InChI is InChI=1S/C14H28N2/c1-3-4-14(5-7-15-8-6-14)11-16-13-9-12(2)10-13/h12-13,15-16H,3-11H2,1-2H3. The van der Waals surface area contributed by atoms with Crippen molar-refractivity contribution in [2.45, 2.75) is 58.4 Å². The van der Waals surface area contributed by atoms with Gasteiger partial charge in [-0.25, -0.2) is 0 Å². The van der Waals surface area contributed by atoms with Crippen LogP contribution in [0.1, 0.15) is 52.4 Å². The summed E-state index contributed by atoms with van der Waals surface area (Å²) in [5, 5.41) is 7.31. The molecule has 1 aliphatic heterocycles. The van der Waals surface area contributed by atoms with Crippen LogP contribution in [0, 0.1) is 11.3 Å². The Balaban J connectivity index is 1.77. The summed E-state index contributed by atoms with van der Waals surface area (Å²) in [5.74, 6) is 0.965. The molecule has 0 spiro atoms. The van der Waals surface area contributed by atoms with E-state index in [1.165, 1.54) is 58.2 Å². The molecule has 1 aliphatic carbocycles. The van der Waals surface area contributed by atoms with Gasteiger partial charge in [0.15, 0.2) is 0 Å². The molecule has 2 rings (SSSR count). The van der Waals surface area contributed by atoms with E-state index in [1.807, 2.05) is 0 Å². The van der Waals surface area contributed by atoms with Crippen LogP contribution >= 0.6 is 0 Å². The van der Waals surface area contributed by atoms with Gasteiger partial charge in [0, 0.05) is 12.6 Å². The Morgan fingerprint density at radius 3 is 2.50 bits per heavy atom. The Bertz CT molecular complexity index is 197. The fraction of sp³-hybridized carbons (Fsp3) is 1.00. The Kier molecular flexibility index (Phi) is 4.26. The van der Waals surface area contributed by atoms with Crippen LogP contribution in [-0.4, -0.2) is 25.7 Å². The zero-order valence-corrected chi connectivity index (χ0v) is 11.0. The molecule has 16 heavy (non-hydrogen) atoms. The largest absolute Gasteiger partial charge is 0.317 e. The SMILES string of the molecule is CCCC1(CNC2CC(C)C2)CCNCC1. The molecule has 0 aromatic rings. The van der Waals surface area contributed by atoms with Crippen molar-refractivity contribution in [3.8, 4) is 0 Å². The van der Waals surface area contributed by atoms with E-state index in [9.17, 15) is 0 Å². The molecule has 0 bridgehead atoms. The highest BCUT2D eigenvalue weighted by Crippen LogP contribution is 2.34. The molecule has 0 atom stereocenters. The lowest BCUT2D eigenvalue weighted by molar-refractivity contribution is 0.145. The molecule has 0 amide bonds. The number of nitrogens with one attached hydrogen (secondary N) is 2. The first-order valence-corrected chi connectivity index (χ1v) is 7.18. The summed E-state index contributed by atoms with van der Waals surface area (Å²) < 4.78 is 0. The maximum absolute atomic E-state index is 3.82. The third-order valence-corrected chi connectivity index (χ3v) is 4.58. The highest BCUT2D eigenvalue weighted by Gasteiger charge is 2.33. The summed E-state index contributed by atoms with van der Waals surface area (Å²) >= 11 is 0. The molecular formula is C14H28N2. The normalized spacial score (nSPS) is 33.4. The minimum atomic E-state index is 0.610. The summed E-state index contributed by atoms with van der Waals surface area (Å²) in [6.07, 6.45) is 8.29. The summed E-state index contributed by atoms with van der Waals surface area (Å²) in [6, 6.07) is 0.832. The maximum atomic E-state index is 3.82. The van der Waals surface area contributed by atoms with Gasteiger partial charge in [0.1, 0.15) is 0 Å². The second-order valence-corrected chi connectivity index (χ2v) is 6.15. The quantitative estimate of drug-likeness (QED) is 0.750. The predicted molar refractivity (Wildman–Crippen MR) is 69.6 cm³/mol. The zero-order valence-electron chi connectivity index (χ0n) is 11.0. The molecule has 94 valence electrons. The van der Waals surface area contributed by atoms with E-state index in [-0.39, 0.29) is 0 Å². The minimum Gasteiger partial charge on any atom is -0.317 e. The van der Waals surface area contributed by atoms with E-state index in [2.05, 4.69) is 24.5 Å². The fourth-order valence-electron chi connectivity index (χ4n) is 3.43. The molecule has 2 aliphatic rings. The molecule has 1 saturated heterocycles. The van der Waals surface area contributed by atoms with Crippen LogP contribution in [0.3, 0.4) is 0 Å². The van der Waals surface area contributed by atoms with Crippen LogP contribution in [0.15, 0.2) is 0 Å². The Morgan fingerprint density at radius 2 is 1.94 bits per heavy atom. The molecule has 2 fully saturated rings. The summed E-state index contributed by atoms with van der Waals surface area (Å²) in [6.45, 7) is 8.41. The van der Waals surface area contributed by atoms with Gasteiger partial charge in [-0.05, 0) is 56.5 Å². The molecular weight excluding hydrogens is 196 g/mol. The molecule has 1 saturated carbocycles. The number of hydrogen-bond donors (Lipinski definition) is 2. The minimum absolute atomic E-state index is 0.610. The summed E-state index contributed by atoms with van der Waals surface area (Å²) in [5.41, 5.74) is 0.610. The topological polar surface area (TPSA) is 24.1 Å². The van der Waals surface area contributed by atoms with Gasteiger partial charge >= 0.3 is 0 Å². The van der Waals surface area contributed by atoms with Crippen LogP contribution in [-0.2, 0) is 0 Å². The first-order chi connectivity index (χ1) is 7.74. The van der Waals surface area contributed by atoms with Gasteiger partial charge < -0.3 is 10.6 Å². The van der Waals surface area contributed by atoms with Crippen molar-refractivity contribution in [1.82, 2.24) is 10.6 Å². The number of rotatable bonds is 5. The summed E-state index contributed by atoms with van der Waals surface area (Å²) in [4.78, 5) is 0. The molecule has 0 unspecified atom stereocenters. The first kappa shape index (κ1) is 12.4. The van der Waals surface area contributed by atoms with Crippen molar-refractivity contribution >= 4 is 0 Å². The van der Waals surface area contributed by atoms with Crippen LogP contribution in [0.4, 0.5) is 0 Å². The number of piperidine rings is 1. The molecule has 0 radical (unpaired) electrons. The Labute approximate surface area is 101 Å². The third-order valence-electron chi connectivity index (χ3n) is 4.58. The molecule has 0 aromatic carbocycles. The van der Waals surface area contributed by atoms with Gasteiger partial charge in [0.25, 0.3) is 0 Å². The monoisotopic (exact) mass is 224 g/mol. The van der Waals surface area contributed by atoms with Gasteiger partial charge in [-0.15, -0.1) is 0 Å². The van der Waals surface area contributed by atoms with E-state index >= 15 is 0 Å². The average molecular weight is 224 g/mol. The molecule has 2 nitrogen and oxygen atoms in total. The van der Waals surface area contributed by atoms with Crippen molar-refractivity contribution in [1.29, 1.82) is 0 Å². The van der Waals surface area contributed by atoms with Crippen molar-refractivity contribution < 1.29 is 0 Å². The van der Waals surface area contributed by atoms with Crippen LogP contribution in [0.5, 0.6) is 0 Å². The fourth-order valence-corrected chi connectivity index (χ4v) is 3.43. The van der Waals surface area contributed by atoms with Gasteiger partial charge in [-0.3, -0.25) is 0 Å². The zero-order chi connectivity index (χ0) is 11.4. The lowest BCUT2D eigenvalue weighted by Gasteiger charge is -2.41. The van der Waals surface area contributed by atoms with Gasteiger partial charge in [-0.1, -0.05) is 20.3 Å². The maximum Gasteiger partial charge on any atom is 0.00723 e. The van der Waals surface area contributed by atoms with Gasteiger partial charge in [-0.2, -0.15) is 0 Å². The van der Waals surface area contributed by atoms with Crippen LogP contribution in [0.2, 0.25) is 0 Å². The lowest BCUT2D eigenvalue weighted by Crippen LogP contribution is -2.48.